The second kappa shape index (κ2) is 16.4. The predicted octanol–water partition coefficient (Wildman–Crippen LogP) is 6.03. The van der Waals surface area contributed by atoms with E-state index in [1.54, 1.807) is 42.5 Å². The number of aliphatic hydroxyl groups excluding tert-OH is 1. The van der Waals surface area contributed by atoms with Crippen molar-refractivity contribution in [3.05, 3.63) is 148 Å². The zero-order chi connectivity index (χ0) is 31.3. The van der Waals surface area contributed by atoms with Gasteiger partial charge in [-0.15, -0.1) is 0 Å². The summed E-state index contributed by atoms with van der Waals surface area (Å²) in [7, 11) is 0. The molecule has 10 nitrogen and oxygen atoms in total. The molecule has 4 aromatic carbocycles. The fraction of sp³-hybridized carbons (Fsp3) is 0.286. The van der Waals surface area contributed by atoms with E-state index >= 15 is 0 Å². The van der Waals surface area contributed by atoms with Crippen molar-refractivity contribution in [3.63, 3.8) is 0 Å². The summed E-state index contributed by atoms with van der Waals surface area (Å²) < 4.78 is 30.7. The van der Waals surface area contributed by atoms with Crippen molar-refractivity contribution < 1.29 is 33.6 Å². The minimum Gasteiger partial charge on any atom is -0.462 e. The maximum absolute atomic E-state index is 13.2. The van der Waals surface area contributed by atoms with Crippen molar-refractivity contribution in [2.75, 3.05) is 13.2 Å². The number of benzene rings is 4. The van der Waals surface area contributed by atoms with Gasteiger partial charge >= 0.3 is 5.97 Å². The molecule has 232 valence electrons. The lowest BCUT2D eigenvalue weighted by Gasteiger charge is -2.43. The van der Waals surface area contributed by atoms with E-state index in [0.29, 0.717) is 30.9 Å². The molecule has 0 bridgehead atoms. The number of esters is 1. The molecule has 1 fully saturated rings. The van der Waals surface area contributed by atoms with Gasteiger partial charge in [-0.3, -0.25) is 0 Å². The molecule has 1 heterocycles. The molecule has 1 aliphatic rings. The molecule has 1 N–H and O–H groups in total. The Hall–Kier alpha value is -4.70. The number of carbonyl (C=O) groups is 1. The van der Waals surface area contributed by atoms with E-state index in [2.05, 4.69) is 10.0 Å². The van der Waals surface area contributed by atoms with Crippen molar-refractivity contribution >= 4 is 5.97 Å². The van der Waals surface area contributed by atoms with E-state index < -0.39 is 36.7 Å². The van der Waals surface area contributed by atoms with Crippen LogP contribution < -0.4 is 4.74 Å². The summed E-state index contributed by atoms with van der Waals surface area (Å²) in [6, 6.07) is 35.0. The van der Waals surface area contributed by atoms with Gasteiger partial charge in [0.15, 0.2) is 6.10 Å². The molecular weight excluding hydrogens is 574 g/mol. The number of hydrogen-bond donors (Lipinski definition) is 1. The number of hydrogen-bond acceptors (Lipinski definition) is 8. The third-order valence-electron chi connectivity index (χ3n) is 7.29. The van der Waals surface area contributed by atoms with E-state index in [1.165, 1.54) is 0 Å². The summed E-state index contributed by atoms with van der Waals surface area (Å²) in [5.41, 5.74) is 11.7. The minimum absolute atomic E-state index is 0.0162. The smallest absolute Gasteiger partial charge is 0.338 e. The van der Waals surface area contributed by atoms with E-state index in [1.807, 2.05) is 72.8 Å². The third kappa shape index (κ3) is 9.15. The summed E-state index contributed by atoms with van der Waals surface area (Å²) in [6.45, 7) is 0.825. The van der Waals surface area contributed by atoms with Crippen molar-refractivity contribution in [2.24, 2.45) is 5.11 Å². The first-order valence-electron chi connectivity index (χ1n) is 14.7. The van der Waals surface area contributed by atoms with Gasteiger partial charge < -0.3 is 28.8 Å². The fourth-order valence-corrected chi connectivity index (χ4v) is 4.94. The molecule has 0 saturated carbocycles. The van der Waals surface area contributed by atoms with Crippen molar-refractivity contribution in [1.29, 1.82) is 0 Å². The van der Waals surface area contributed by atoms with Crippen LogP contribution in [0.4, 0.5) is 0 Å². The number of carbonyl (C=O) groups excluding carboxylic acids is 1. The van der Waals surface area contributed by atoms with Crippen LogP contribution >= 0.6 is 0 Å². The highest BCUT2D eigenvalue weighted by atomic mass is 16.7. The molecule has 0 radical (unpaired) electrons. The number of azide groups is 1. The highest BCUT2D eigenvalue weighted by Crippen LogP contribution is 2.30. The predicted molar refractivity (Wildman–Crippen MR) is 166 cm³/mol. The van der Waals surface area contributed by atoms with Gasteiger partial charge in [0.25, 0.3) is 0 Å². The van der Waals surface area contributed by atoms with Gasteiger partial charge in [-0.25, -0.2) is 4.79 Å². The lowest BCUT2D eigenvalue weighted by molar-refractivity contribution is -0.291. The molecule has 0 aromatic heterocycles. The highest BCUT2D eigenvalue weighted by molar-refractivity contribution is 5.89. The van der Waals surface area contributed by atoms with Crippen molar-refractivity contribution in [3.8, 4) is 5.75 Å². The Morgan fingerprint density at radius 2 is 1.42 bits per heavy atom. The molecule has 5 rings (SSSR count). The summed E-state index contributed by atoms with van der Waals surface area (Å²) in [5, 5.41) is 15.3. The first-order chi connectivity index (χ1) is 22.1. The Bertz CT molecular complexity index is 1520. The van der Waals surface area contributed by atoms with Crippen LogP contribution in [0.25, 0.3) is 10.4 Å². The van der Waals surface area contributed by atoms with Gasteiger partial charge in [-0.05, 0) is 52.9 Å². The summed E-state index contributed by atoms with van der Waals surface area (Å²) in [6.07, 6.45) is -4.79. The summed E-state index contributed by atoms with van der Waals surface area (Å²) in [4.78, 5) is 15.9. The largest absolute Gasteiger partial charge is 0.462 e. The molecule has 45 heavy (non-hydrogen) atoms. The Balaban J connectivity index is 1.37. The van der Waals surface area contributed by atoms with Crippen LogP contribution in [0.3, 0.4) is 0 Å². The average molecular weight is 610 g/mol. The molecule has 0 amide bonds. The standard InChI is InChI=1S/C35H35N3O7/c36-38-37-21-20-25-16-18-29(19-17-25)43-35-33(42-23-27-12-6-2-7-13-27)31(39)32(45-34(40)28-14-8-3-9-15-28)30(44-35)24-41-22-26-10-4-1-5-11-26/h1-19,30-33,35,39H,20-24H2/t30-,31+,32+,33-,35-/m1/s1. The molecule has 10 heteroatoms. The second-order valence-electron chi connectivity index (χ2n) is 10.5. The van der Waals surface area contributed by atoms with Gasteiger partial charge in [-0.2, -0.15) is 0 Å². The molecule has 4 aromatic rings. The number of ether oxygens (including phenoxy) is 5. The quantitative estimate of drug-likeness (QED) is 0.0799. The number of rotatable bonds is 14. The Labute approximate surface area is 261 Å². The third-order valence-corrected chi connectivity index (χ3v) is 7.29. The maximum Gasteiger partial charge on any atom is 0.338 e. The van der Waals surface area contributed by atoms with Crippen LogP contribution in [0, 0.1) is 0 Å². The second-order valence-corrected chi connectivity index (χ2v) is 10.5. The zero-order valence-electron chi connectivity index (χ0n) is 24.6. The molecule has 5 atom stereocenters. The van der Waals surface area contributed by atoms with E-state index in [4.69, 9.17) is 29.2 Å². The number of nitrogens with zero attached hydrogens (tertiary/aromatic N) is 3. The van der Waals surface area contributed by atoms with Gasteiger partial charge in [0.1, 0.15) is 24.1 Å². The molecule has 1 aliphatic heterocycles. The van der Waals surface area contributed by atoms with E-state index in [0.717, 1.165) is 16.7 Å². The van der Waals surface area contributed by atoms with Crippen LogP contribution in [0.5, 0.6) is 5.75 Å². The van der Waals surface area contributed by atoms with Gasteiger partial charge in [-0.1, -0.05) is 96.1 Å². The molecule has 0 spiro atoms. The van der Waals surface area contributed by atoms with Crippen LogP contribution in [0.1, 0.15) is 27.0 Å². The highest BCUT2D eigenvalue weighted by Gasteiger charge is 2.49. The lowest BCUT2D eigenvalue weighted by atomic mass is 9.98. The average Bonchev–Trinajstić information content (AvgIpc) is 3.08. The fourth-order valence-electron chi connectivity index (χ4n) is 4.94. The Morgan fingerprint density at radius 3 is 2.07 bits per heavy atom. The Kier molecular flexibility index (Phi) is 11.6. The SMILES string of the molecule is [N-]=[N+]=NCCc1ccc(O[C@@H]2O[C@H](COCc3ccccc3)[C@H](OC(=O)c3ccccc3)[C@H](O)[C@H]2OCc2ccccc2)cc1. The Morgan fingerprint density at radius 1 is 0.800 bits per heavy atom. The van der Waals surface area contributed by atoms with Crippen LogP contribution in [-0.4, -0.2) is 54.9 Å². The van der Waals surface area contributed by atoms with Crippen molar-refractivity contribution in [2.45, 2.75) is 50.3 Å². The zero-order valence-corrected chi connectivity index (χ0v) is 24.6. The van der Waals surface area contributed by atoms with Crippen LogP contribution in [0.15, 0.2) is 120 Å². The number of aliphatic hydroxyl groups is 1. The maximum atomic E-state index is 13.2. The molecule has 1 saturated heterocycles. The van der Waals surface area contributed by atoms with Gasteiger partial charge in [0, 0.05) is 11.5 Å². The molecule has 0 unspecified atom stereocenters. The topological polar surface area (TPSA) is 132 Å². The van der Waals surface area contributed by atoms with Gasteiger partial charge in [0.05, 0.1) is 25.4 Å². The van der Waals surface area contributed by atoms with Crippen LogP contribution in [0.2, 0.25) is 0 Å². The molecule has 0 aliphatic carbocycles. The first kappa shape index (κ1) is 31.7. The van der Waals surface area contributed by atoms with E-state index in [9.17, 15) is 9.90 Å². The summed E-state index contributed by atoms with van der Waals surface area (Å²) >= 11 is 0. The normalized spacial score (nSPS) is 21.0. The van der Waals surface area contributed by atoms with E-state index in [-0.39, 0.29) is 13.2 Å². The van der Waals surface area contributed by atoms with Crippen LogP contribution in [-0.2, 0) is 38.6 Å². The monoisotopic (exact) mass is 609 g/mol. The minimum atomic E-state index is -1.31. The lowest BCUT2D eigenvalue weighted by Crippen LogP contribution is -2.62. The first-order valence-corrected chi connectivity index (χ1v) is 14.7. The van der Waals surface area contributed by atoms with Crippen molar-refractivity contribution in [1.82, 2.24) is 0 Å². The summed E-state index contributed by atoms with van der Waals surface area (Å²) in [5.74, 6) is -0.120. The molecular formula is C35H35N3O7. The van der Waals surface area contributed by atoms with Gasteiger partial charge in [0.2, 0.25) is 6.29 Å².